The zero-order valence-electron chi connectivity index (χ0n) is 10.2. The number of nitrogens with zero attached hydrogens (tertiary/aromatic N) is 1. The molecular weight excluding hydrogens is 230 g/mol. The number of aliphatic hydroxyl groups excluding tert-OH is 1. The van der Waals surface area contributed by atoms with Crippen LogP contribution in [0.25, 0.3) is 0 Å². The molecule has 1 saturated heterocycles. The molecule has 1 aromatic rings. The normalized spacial score (nSPS) is 27.0. The van der Waals surface area contributed by atoms with Gasteiger partial charge in [-0.25, -0.2) is 0 Å². The lowest BCUT2D eigenvalue weighted by Crippen LogP contribution is -2.28. The molecule has 1 N–H and O–H groups in total. The van der Waals surface area contributed by atoms with Crippen LogP contribution < -0.4 is 0 Å². The van der Waals surface area contributed by atoms with Crippen LogP contribution in [0.5, 0.6) is 0 Å². The van der Waals surface area contributed by atoms with Gasteiger partial charge in [-0.2, -0.15) is 5.26 Å². The average Bonchev–Trinajstić information content (AvgIpc) is 2.83. The Balaban J connectivity index is 1.95. The molecule has 96 valence electrons. The predicted molar refractivity (Wildman–Crippen MR) is 65.7 cm³/mol. The molecule has 0 saturated carbocycles. The minimum Gasteiger partial charge on any atom is -0.394 e. The summed E-state index contributed by atoms with van der Waals surface area (Å²) < 4.78 is 11.4. The lowest BCUT2D eigenvalue weighted by atomic mass is 10.0. The van der Waals surface area contributed by atoms with E-state index in [2.05, 4.69) is 0 Å². The molecule has 0 bridgehead atoms. The number of nitriles is 1. The molecule has 0 spiro atoms. The molecule has 1 heterocycles. The Kier molecular flexibility index (Phi) is 4.71. The number of ether oxygens (including phenoxy) is 2. The van der Waals surface area contributed by atoms with Gasteiger partial charge in [0.1, 0.15) is 6.10 Å². The van der Waals surface area contributed by atoms with Crippen LogP contribution in [0, 0.1) is 11.3 Å². The highest BCUT2D eigenvalue weighted by molar-refractivity contribution is 5.19. The van der Waals surface area contributed by atoms with E-state index in [0.29, 0.717) is 13.0 Å². The summed E-state index contributed by atoms with van der Waals surface area (Å²) >= 11 is 0. The first-order valence-electron chi connectivity index (χ1n) is 6.15. The van der Waals surface area contributed by atoms with E-state index in [1.54, 1.807) is 0 Å². The molecular formula is C14H17NO3. The maximum absolute atomic E-state index is 9.29. The van der Waals surface area contributed by atoms with E-state index >= 15 is 0 Å². The third kappa shape index (κ3) is 3.08. The molecule has 1 aliphatic heterocycles. The van der Waals surface area contributed by atoms with Crippen molar-refractivity contribution in [2.24, 2.45) is 0 Å². The van der Waals surface area contributed by atoms with Crippen molar-refractivity contribution in [2.75, 3.05) is 13.2 Å². The molecule has 3 atom stereocenters. The Morgan fingerprint density at radius 2 is 2.17 bits per heavy atom. The van der Waals surface area contributed by atoms with Crippen molar-refractivity contribution >= 4 is 0 Å². The SMILES string of the molecule is N#CCCOC1C[C@H](c2ccccc2)O[C@@H]1CO. The van der Waals surface area contributed by atoms with Crippen LogP contribution in [0.2, 0.25) is 0 Å². The zero-order chi connectivity index (χ0) is 12.8. The van der Waals surface area contributed by atoms with Crippen molar-refractivity contribution in [2.45, 2.75) is 31.2 Å². The highest BCUT2D eigenvalue weighted by atomic mass is 16.6. The van der Waals surface area contributed by atoms with Gasteiger partial charge in [0.2, 0.25) is 0 Å². The monoisotopic (exact) mass is 247 g/mol. The summed E-state index contributed by atoms with van der Waals surface area (Å²) in [4.78, 5) is 0. The molecule has 18 heavy (non-hydrogen) atoms. The quantitative estimate of drug-likeness (QED) is 0.806. The van der Waals surface area contributed by atoms with E-state index in [1.165, 1.54) is 0 Å². The van der Waals surface area contributed by atoms with E-state index in [1.807, 2.05) is 36.4 Å². The first-order valence-corrected chi connectivity index (χ1v) is 6.15. The number of benzene rings is 1. The Bertz CT molecular complexity index is 401. The molecule has 1 aliphatic rings. The van der Waals surface area contributed by atoms with Crippen LogP contribution in [0.1, 0.15) is 24.5 Å². The van der Waals surface area contributed by atoms with Crippen LogP contribution in [0.15, 0.2) is 30.3 Å². The summed E-state index contributed by atoms with van der Waals surface area (Å²) in [6.07, 6.45) is 0.628. The number of hydrogen-bond donors (Lipinski definition) is 1. The summed E-state index contributed by atoms with van der Waals surface area (Å²) in [6, 6.07) is 12.0. The first kappa shape index (κ1) is 13.0. The van der Waals surface area contributed by atoms with Crippen molar-refractivity contribution in [1.82, 2.24) is 0 Å². The number of hydrogen-bond acceptors (Lipinski definition) is 4. The van der Waals surface area contributed by atoms with Gasteiger partial charge in [-0.1, -0.05) is 30.3 Å². The zero-order valence-corrected chi connectivity index (χ0v) is 10.2. The summed E-state index contributed by atoms with van der Waals surface area (Å²) in [7, 11) is 0. The van der Waals surface area contributed by atoms with E-state index in [0.717, 1.165) is 12.0 Å². The van der Waals surface area contributed by atoms with Crippen LogP contribution >= 0.6 is 0 Å². The Morgan fingerprint density at radius 1 is 1.39 bits per heavy atom. The standard InChI is InChI=1S/C14H17NO3/c15-7-4-8-17-13-9-12(18-14(13)10-16)11-5-2-1-3-6-11/h1-3,5-6,12-14,16H,4,8-10H2/t12-,13?,14-/m1/s1. The maximum atomic E-state index is 9.29. The van der Waals surface area contributed by atoms with E-state index in [4.69, 9.17) is 14.7 Å². The van der Waals surface area contributed by atoms with Crippen LogP contribution in [0.4, 0.5) is 0 Å². The summed E-state index contributed by atoms with van der Waals surface area (Å²) in [5.74, 6) is 0. The Labute approximate surface area is 107 Å². The van der Waals surface area contributed by atoms with Gasteiger partial charge in [-0.15, -0.1) is 0 Å². The molecule has 1 fully saturated rings. The highest BCUT2D eigenvalue weighted by Crippen LogP contribution is 2.34. The van der Waals surface area contributed by atoms with Gasteiger partial charge in [-0.05, 0) is 5.56 Å². The Morgan fingerprint density at radius 3 is 2.83 bits per heavy atom. The van der Waals surface area contributed by atoms with Gasteiger partial charge in [0.25, 0.3) is 0 Å². The minimum atomic E-state index is -0.297. The molecule has 4 heteroatoms. The third-order valence-corrected chi connectivity index (χ3v) is 3.10. The van der Waals surface area contributed by atoms with Crippen LogP contribution in [-0.2, 0) is 9.47 Å². The summed E-state index contributed by atoms with van der Waals surface area (Å²) in [5, 5.41) is 17.8. The second-order valence-electron chi connectivity index (χ2n) is 4.31. The van der Waals surface area contributed by atoms with Gasteiger partial charge < -0.3 is 14.6 Å². The molecule has 0 aromatic heterocycles. The van der Waals surface area contributed by atoms with Crippen molar-refractivity contribution < 1.29 is 14.6 Å². The second-order valence-corrected chi connectivity index (χ2v) is 4.31. The first-order chi connectivity index (χ1) is 8.85. The number of aliphatic hydroxyl groups is 1. The topological polar surface area (TPSA) is 62.5 Å². The van der Waals surface area contributed by atoms with Crippen LogP contribution in [0.3, 0.4) is 0 Å². The lowest BCUT2D eigenvalue weighted by Gasteiger charge is -2.15. The molecule has 1 aromatic carbocycles. The van der Waals surface area contributed by atoms with Gasteiger partial charge in [0.15, 0.2) is 0 Å². The molecule has 2 rings (SSSR count). The second kappa shape index (κ2) is 6.50. The third-order valence-electron chi connectivity index (χ3n) is 3.10. The molecule has 1 unspecified atom stereocenters. The van der Waals surface area contributed by atoms with Crippen molar-refractivity contribution in [3.05, 3.63) is 35.9 Å². The van der Waals surface area contributed by atoms with E-state index < -0.39 is 0 Å². The van der Waals surface area contributed by atoms with Crippen LogP contribution in [-0.4, -0.2) is 30.5 Å². The predicted octanol–water partition coefficient (Wildman–Crippen LogP) is 1.81. The maximum Gasteiger partial charge on any atom is 0.108 e. The summed E-state index contributed by atoms with van der Waals surface area (Å²) in [6.45, 7) is 0.336. The van der Waals surface area contributed by atoms with E-state index in [9.17, 15) is 5.11 Å². The minimum absolute atomic E-state index is 0.0320. The lowest BCUT2D eigenvalue weighted by molar-refractivity contribution is -0.0463. The number of rotatable bonds is 5. The van der Waals surface area contributed by atoms with Gasteiger partial charge in [-0.3, -0.25) is 0 Å². The highest BCUT2D eigenvalue weighted by Gasteiger charge is 2.36. The fourth-order valence-corrected chi connectivity index (χ4v) is 2.19. The summed E-state index contributed by atoms with van der Waals surface area (Å²) in [5.41, 5.74) is 1.10. The fraction of sp³-hybridized carbons (Fsp3) is 0.500. The van der Waals surface area contributed by atoms with Gasteiger partial charge in [0, 0.05) is 6.42 Å². The van der Waals surface area contributed by atoms with Crippen molar-refractivity contribution in [3.63, 3.8) is 0 Å². The largest absolute Gasteiger partial charge is 0.394 e. The molecule has 0 amide bonds. The molecule has 4 nitrogen and oxygen atoms in total. The Hall–Kier alpha value is -1.41. The van der Waals surface area contributed by atoms with Gasteiger partial charge in [0.05, 0.1) is 37.9 Å². The van der Waals surface area contributed by atoms with E-state index in [-0.39, 0.29) is 24.9 Å². The molecule has 0 aliphatic carbocycles. The van der Waals surface area contributed by atoms with Crippen molar-refractivity contribution in [3.8, 4) is 6.07 Å². The smallest absolute Gasteiger partial charge is 0.108 e. The van der Waals surface area contributed by atoms with Crippen molar-refractivity contribution in [1.29, 1.82) is 5.26 Å². The van der Waals surface area contributed by atoms with Gasteiger partial charge >= 0.3 is 0 Å². The average molecular weight is 247 g/mol. The molecule has 0 radical (unpaired) electrons. The fourth-order valence-electron chi connectivity index (χ4n) is 2.19.